The molecule has 2 aromatic carbocycles. The number of carbonyl (C=O) groups excluding carboxylic acids is 2. The molecule has 0 fully saturated rings. The van der Waals surface area contributed by atoms with Gasteiger partial charge in [0.1, 0.15) is 11.5 Å². The van der Waals surface area contributed by atoms with Crippen LogP contribution in [0.3, 0.4) is 0 Å². The quantitative estimate of drug-likeness (QED) is 0.450. The molecule has 0 aliphatic carbocycles. The summed E-state index contributed by atoms with van der Waals surface area (Å²) in [6.45, 7) is 0. The van der Waals surface area contributed by atoms with Crippen LogP contribution in [0, 0.1) is 0 Å². The third-order valence-electron chi connectivity index (χ3n) is 4.75. The van der Waals surface area contributed by atoms with Gasteiger partial charge in [0.05, 0.1) is 13.4 Å². The predicted octanol–water partition coefficient (Wildman–Crippen LogP) is 3.77. The van der Waals surface area contributed by atoms with E-state index in [1.165, 1.54) is 23.0 Å². The van der Waals surface area contributed by atoms with Crippen molar-refractivity contribution in [3.8, 4) is 11.4 Å². The maximum Gasteiger partial charge on any atom is 0.413 e. The Labute approximate surface area is 189 Å². The molecule has 0 radical (unpaired) electrons. The number of nitrogens with zero attached hydrogens (tertiary/aromatic N) is 5. The molecule has 2 heterocycles. The lowest BCUT2D eigenvalue weighted by molar-refractivity contribution is -0.111. The van der Waals surface area contributed by atoms with E-state index in [1.54, 1.807) is 49.5 Å². The normalized spacial score (nSPS) is 11.2. The van der Waals surface area contributed by atoms with E-state index >= 15 is 0 Å². The summed E-state index contributed by atoms with van der Waals surface area (Å²) in [6, 6.07) is 19.5. The van der Waals surface area contributed by atoms with Gasteiger partial charge in [0, 0.05) is 30.1 Å². The van der Waals surface area contributed by atoms with Crippen LogP contribution in [0.5, 0.6) is 0 Å². The molecule has 0 spiro atoms. The fourth-order valence-electron chi connectivity index (χ4n) is 3.05. The van der Waals surface area contributed by atoms with Crippen LogP contribution in [-0.2, 0) is 9.53 Å². The maximum absolute atomic E-state index is 13.3. The highest BCUT2D eigenvalue weighted by Gasteiger charge is 2.20. The highest BCUT2D eigenvalue weighted by molar-refractivity contribution is 6.24. The van der Waals surface area contributed by atoms with Gasteiger partial charge in [-0.3, -0.25) is 9.69 Å². The molecule has 4 aromatic rings. The Balaban J connectivity index is 1.64. The van der Waals surface area contributed by atoms with E-state index in [1.807, 2.05) is 30.3 Å². The minimum Gasteiger partial charge on any atom is -0.465 e. The van der Waals surface area contributed by atoms with Gasteiger partial charge in [0.15, 0.2) is 5.82 Å². The fourth-order valence-corrected chi connectivity index (χ4v) is 3.05. The van der Waals surface area contributed by atoms with E-state index in [0.717, 1.165) is 5.56 Å². The maximum atomic E-state index is 13.3. The second kappa shape index (κ2) is 9.60. The topological polar surface area (TPSA) is 115 Å². The lowest BCUT2D eigenvalue weighted by Crippen LogP contribution is -2.25. The molecule has 4 rings (SSSR count). The monoisotopic (exact) mass is 444 g/mol. The molecule has 0 aliphatic rings. The van der Waals surface area contributed by atoms with E-state index in [-0.39, 0.29) is 5.70 Å². The van der Waals surface area contributed by atoms with Crippen molar-refractivity contribution in [1.29, 1.82) is 0 Å². The van der Waals surface area contributed by atoms with Gasteiger partial charge in [0.2, 0.25) is 0 Å². The average Bonchev–Trinajstić information content (AvgIpc) is 3.54. The van der Waals surface area contributed by atoms with Crippen molar-refractivity contribution in [2.45, 2.75) is 0 Å². The molecule has 0 saturated heterocycles. The lowest BCUT2D eigenvalue weighted by atomic mass is 10.2. The molecule has 0 atom stereocenters. The number of carbonyl (C=O) groups is 2. The smallest absolute Gasteiger partial charge is 0.413 e. The number of benzene rings is 2. The number of aromatic nitrogens is 4. The number of anilines is 2. The molecule has 2 amide bonds. The first-order chi connectivity index (χ1) is 16.1. The number of amides is 2. The summed E-state index contributed by atoms with van der Waals surface area (Å²) in [5.74, 6) is 0.410. The third kappa shape index (κ3) is 4.79. The number of hydrogen-bond acceptors (Lipinski definition) is 7. The molecule has 0 aliphatic heterocycles. The van der Waals surface area contributed by atoms with Crippen molar-refractivity contribution in [2.75, 3.05) is 24.4 Å². The summed E-state index contributed by atoms with van der Waals surface area (Å²) in [7, 11) is 2.90. The van der Waals surface area contributed by atoms with Gasteiger partial charge in [-0.05, 0) is 46.8 Å². The number of nitrogens with one attached hydrogen (secondary N) is 1. The minimum absolute atomic E-state index is 0.157. The first-order valence-corrected chi connectivity index (χ1v) is 9.89. The Hall–Kier alpha value is -4.73. The van der Waals surface area contributed by atoms with Gasteiger partial charge in [-0.1, -0.05) is 30.3 Å². The summed E-state index contributed by atoms with van der Waals surface area (Å²) in [5.41, 5.74) is 2.03. The molecule has 0 saturated carbocycles. The molecule has 166 valence electrons. The van der Waals surface area contributed by atoms with Crippen molar-refractivity contribution in [2.24, 2.45) is 0 Å². The van der Waals surface area contributed by atoms with Crippen molar-refractivity contribution in [1.82, 2.24) is 20.2 Å². The second-order valence-electron chi connectivity index (χ2n) is 6.86. The average molecular weight is 444 g/mol. The van der Waals surface area contributed by atoms with Crippen molar-refractivity contribution >= 4 is 35.1 Å². The van der Waals surface area contributed by atoms with Crippen molar-refractivity contribution in [3.63, 3.8) is 0 Å². The van der Waals surface area contributed by atoms with Crippen LogP contribution in [0.1, 0.15) is 5.76 Å². The minimum atomic E-state index is -0.498. The molecule has 0 bridgehead atoms. The molecule has 33 heavy (non-hydrogen) atoms. The Kier molecular flexibility index (Phi) is 6.26. The van der Waals surface area contributed by atoms with Crippen LogP contribution in [0.2, 0.25) is 0 Å². The number of rotatable bonds is 6. The van der Waals surface area contributed by atoms with Crippen LogP contribution in [0.15, 0.2) is 77.4 Å². The number of ether oxygens (including phenoxy) is 1. The third-order valence-corrected chi connectivity index (χ3v) is 4.75. The van der Waals surface area contributed by atoms with Crippen molar-refractivity contribution in [3.05, 3.63) is 78.8 Å². The van der Waals surface area contributed by atoms with Crippen LogP contribution in [0.25, 0.3) is 23.2 Å². The van der Waals surface area contributed by atoms with Crippen molar-refractivity contribution < 1.29 is 18.7 Å². The first kappa shape index (κ1) is 21.5. The zero-order valence-corrected chi connectivity index (χ0v) is 17.9. The molecule has 2 aromatic heterocycles. The molecular weight excluding hydrogens is 424 g/mol. The van der Waals surface area contributed by atoms with E-state index in [4.69, 9.17) is 9.15 Å². The Morgan fingerprint density at radius 1 is 1.06 bits per heavy atom. The Bertz CT molecular complexity index is 1260. The number of hydrogen-bond donors (Lipinski definition) is 1. The number of tetrazole rings is 1. The number of methoxy groups -OCH3 is 1. The van der Waals surface area contributed by atoms with Gasteiger partial charge in [-0.25, -0.2) is 4.79 Å². The van der Waals surface area contributed by atoms with E-state index in [9.17, 15) is 9.59 Å². The highest BCUT2D eigenvalue weighted by atomic mass is 16.5. The fraction of sp³-hybridized carbons (Fsp3) is 0.0870. The van der Waals surface area contributed by atoms with Gasteiger partial charge >= 0.3 is 6.09 Å². The van der Waals surface area contributed by atoms with Gasteiger partial charge < -0.3 is 14.5 Å². The number of furan rings is 1. The van der Waals surface area contributed by atoms with Gasteiger partial charge in [-0.15, -0.1) is 5.10 Å². The molecule has 10 nitrogen and oxygen atoms in total. The Morgan fingerprint density at radius 2 is 1.82 bits per heavy atom. The highest BCUT2D eigenvalue weighted by Crippen LogP contribution is 2.23. The molecule has 10 heteroatoms. The zero-order valence-electron chi connectivity index (χ0n) is 17.9. The summed E-state index contributed by atoms with van der Waals surface area (Å²) < 4.78 is 11.5. The van der Waals surface area contributed by atoms with Gasteiger partial charge in [-0.2, -0.15) is 4.68 Å². The van der Waals surface area contributed by atoms with Crippen LogP contribution >= 0.6 is 0 Å². The van der Waals surface area contributed by atoms with Crippen LogP contribution in [0.4, 0.5) is 16.2 Å². The largest absolute Gasteiger partial charge is 0.465 e. The standard InChI is InChI=1S/C23H20N6O4/c1-28(23(31)32-2)18-12-10-17(11-13-18)24-22(30)20(15-19-9-6-14-33-19)29-21(25-26-27-29)16-7-4-3-5-8-16/h3-15H,1-2H3,(H,24,30)/b20-15-. The lowest BCUT2D eigenvalue weighted by Gasteiger charge is -2.16. The second-order valence-corrected chi connectivity index (χ2v) is 6.86. The molecular formula is C23H20N6O4. The summed E-state index contributed by atoms with van der Waals surface area (Å²) in [6.07, 6.45) is 2.57. The zero-order chi connectivity index (χ0) is 23.2. The Morgan fingerprint density at radius 3 is 2.48 bits per heavy atom. The van der Waals surface area contributed by atoms with E-state index in [0.29, 0.717) is 23.0 Å². The first-order valence-electron chi connectivity index (χ1n) is 9.89. The molecule has 1 N–H and O–H groups in total. The predicted molar refractivity (Wildman–Crippen MR) is 122 cm³/mol. The molecule has 0 unspecified atom stereocenters. The van der Waals surface area contributed by atoms with Crippen LogP contribution < -0.4 is 10.2 Å². The SMILES string of the molecule is COC(=O)N(C)c1ccc(NC(=O)/C(=C/c2ccco2)n2nnnc2-c2ccccc2)cc1. The van der Waals surface area contributed by atoms with Crippen LogP contribution in [-0.4, -0.2) is 46.4 Å². The summed E-state index contributed by atoms with van der Waals surface area (Å²) in [5, 5.41) is 14.7. The summed E-state index contributed by atoms with van der Waals surface area (Å²) in [4.78, 5) is 26.3. The van der Waals surface area contributed by atoms with E-state index in [2.05, 4.69) is 20.8 Å². The van der Waals surface area contributed by atoms with Gasteiger partial charge in [0.25, 0.3) is 5.91 Å². The van der Waals surface area contributed by atoms with E-state index < -0.39 is 12.0 Å². The summed E-state index contributed by atoms with van der Waals surface area (Å²) >= 11 is 0.